The number of hydrogen-bond acceptors (Lipinski definition) is 3. The molecule has 0 aliphatic carbocycles. The van der Waals surface area contributed by atoms with Crippen molar-refractivity contribution in [2.45, 2.75) is 13.3 Å². The van der Waals surface area contributed by atoms with E-state index in [-0.39, 0.29) is 5.91 Å². The molecule has 0 bridgehead atoms. The number of benzene rings is 1. The number of hydrogen-bond donors (Lipinski definition) is 2. The lowest BCUT2D eigenvalue weighted by atomic mass is 10.1. The fourth-order valence-electron chi connectivity index (χ4n) is 2.15. The molecule has 0 spiro atoms. The first-order valence-electron chi connectivity index (χ1n) is 6.00. The van der Waals surface area contributed by atoms with Crippen molar-refractivity contribution in [2.24, 2.45) is 5.73 Å². The summed E-state index contributed by atoms with van der Waals surface area (Å²) in [5, 5.41) is 2.87. The molecule has 2 rings (SSSR count). The van der Waals surface area contributed by atoms with Gasteiger partial charge in [0.25, 0.3) is 0 Å². The molecular weight excluding hydrogens is 246 g/mol. The number of nitrogens with one attached hydrogen (secondary N) is 1. The van der Waals surface area contributed by atoms with Crippen LogP contribution in [0.2, 0.25) is 0 Å². The summed E-state index contributed by atoms with van der Waals surface area (Å²) in [6, 6.07) is 5.93. The molecule has 1 aromatic rings. The molecule has 1 fully saturated rings. The molecule has 0 unspecified atom stereocenters. The highest BCUT2D eigenvalue weighted by Crippen LogP contribution is 2.20. The van der Waals surface area contributed by atoms with Crippen molar-refractivity contribution in [2.75, 3.05) is 24.5 Å². The van der Waals surface area contributed by atoms with E-state index in [1.807, 2.05) is 25.1 Å². The molecule has 1 saturated heterocycles. The Bertz CT molecular complexity index is 487. The lowest BCUT2D eigenvalue weighted by Crippen LogP contribution is -2.33. The molecule has 18 heavy (non-hydrogen) atoms. The minimum Gasteiger partial charge on any atom is -0.389 e. The van der Waals surface area contributed by atoms with Crippen LogP contribution >= 0.6 is 12.2 Å². The van der Waals surface area contributed by atoms with Gasteiger partial charge in [0.2, 0.25) is 5.91 Å². The number of thiocarbonyl (C=S) groups is 1. The van der Waals surface area contributed by atoms with Gasteiger partial charge in [0.1, 0.15) is 4.99 Å². The zero-order valence-corrected chi connectivity index (χ0v) is 11.2. The first-order valence-corrected chi connectivity index (χ1v) is 6.41. The normalized spacial score (nSPS) is 16.1. The fourth-order valence-corrected chi connectivity index (χ4v) is 2.38. The summed E-state index contributed by atoms with van der Waals surface area (Å²) in [4.78, 5) is 14.0. The maximum atomic E-state index is 11.5. The van der Waals surface area contributed by atoms with Gasteiger partial charge in [0.05, 0.1) is 6.54 Å². The summed E-state index contributed by atoms with van der Waals surface area (Å²) in [5.74, 6) is 0.0728. The molecule has 0 radical (unpaired) electrons. The summed E-state index contributed by atoms with van der Waals surface area (Å²) < 4.78 is 0. The molecule has 0 aromatic heterocycles. The van der Waals surface area contributed by atoms with Gasteiger partial charge < -0.3 is 16.0 Å². The second-order valence-corrected chi connectivity index (χ2v) is 4.93. The molecule has 4 nitrogen and oxygen atoms in total. The second kappa shape index (κ2) is 5.35. The second-order valence-electron chi connectivity index (χ2n) is 4.49. The number of nitrogens with zero attached hydrogens (tertiary/aromatic N) is 1. The third kappa shape index (κ3) is 2.79. The summed E-state index contributed by atoms with van der Waals surface area (Å²) in [6.45, 7) is 4.02. The monoisotopic (exact) mass is 263 g/mol. The van der Waals surface area contributed by atoms with Gasteiger partial charge in [-0.15, -0.1) is 0 Å². The fraction of sp³-hybridized carbons (Fsp3) is 0.385. The zero-order valence-electron chi connectivity index (χ0n) is 10.4. The first kappa shape index (κ1) is 12.8. The Morgan fingerprint density at radius 3 is 2.94 bits per heavy atom. The summed E-state index contributed by atoms with van der Waals surface area (Å²) in [5.41, 5.74) is 8.63. The van der Waals surface area contributed by atoms with Gasteiger partial charge in [0, 0.05) is 24.3 Å². The Morgan fingerprint density at radius 1 is 1.50 bits per heavy atom. The van der Waals surface area contributed by atoms with Crippen LogP contribution in [0, 0.1) is 6.92 Å². The summed E-state index contributed by atoms with van der Waals surface area (Å²) >= 11 is 4.99. The SMILES string of the molecule is Cc1cc(N2CCCNC(=O)C2)ccc1C(N)=S. The van der Waals surface area contributed by atoms with Crippen molar-refractivity contribution in [3.63, 3.8) is 0 Å². The maximum absolute atomic E-state index is 11.5. The molecule has 1 aliphatic rings. The lowest BCUT2D eigenvalue weighted by molar-refractivity contribution is -0.119. The smallest absolute Gasteiger partial charge is 0.239 e. The molecule has 1 heterocycles. The van der Waals surface area contributed by atoms with Crippen LogP contribution in [0.15, 0.2) is 18.2 Å². The van der Waals surface area contributed by atoms with Crippen LogP contribution < -0.4 is 16.0 Å². The highest BCUT2D eigenvalue weighted by Gasteiger charge is 2.15. The largest absolute Gasteiger partial charge is 0.389 e. The minimum absolute atomic E-state index is 0.0728. The van der Waals surface area contributed by atoms with Crippen LogP contribution in [0.4, 0.5) is 5.69 Å². The number of aryl methyl sites for hydroxylation is 1. The van der Waals surface area contributed by atoms with Gasteiger partial charge >= 0.3 is 0 Å². The molecular formula is C13H17N3OS. The van der Waals surface area contributed by atoms with Crippen LogP contribution in [0.1, 0.15) is 17.5 Å². The number of carbonyl (C=O) groups excluding carboxylic acids is 1. The Morgan fingerprint density at radius 2 is 2.28 bits per heavy atom. The van der Waals surface area contributed by atoms with Crippen molar-refractivity contribution in [3.05, 3.63) is 29.3 Å². The highest BCUT2D eigenvalue weighted by molar-refractivity contribution is 7.80. The van der Waals surface area contributed by atoms with Gasteiger partial charge in [-0.1, -0.05) is 12.2 Å². The van der Waals surface area contributed by atoms with Crippen molar-refractivity contribution >= 4 is 28.8 Å². The third-order valence-corrected chi connectivity index (χ3v) is 3.32. The number of anilines is 1. The molecule has 0 atom stereocenters. The predicted octanol–water partition coefficient (Wildman–Crippen LogP) is 0.956. The standard InChI is InChI=1S/C13H17N3OS/c1-9-7-10(3-4-11(9)13(14)18)16-6-2-5-15-12(17)8-16/h3-4,7H,2,5-6,8H2,1H3,(H2,14,18)(H,15,17). The minimum atomic E-state index is 0.0728. The summed E-state index contributed by atoms with van der Waals surface area (Å²) in [6.07, 6.45) is 0.960. The molecule has 3 N–H and O–H groups in total. The van der Waals surface area contributed by atoms with Crippen LogP contribution in [0.25, 0.3) is 0 Å². The van der Waals surface area contributed by atoms with Crippen LogP contribution in [-0.4, -0.2) is 30.5 Å². The highest BCUT2D eigenvalue weighted by atomic mass is 32.1. The van der Waals surface area contributed by atoms with Crippen molar-refractivity contribution in [1.29, 1.82) is 0 Å². The Kier molecular flexibility index (Phi) is 3.81. The van der Waals surface area contributed by atoms with E-state index >= 15 is 0 Å². The van der Waals surface area contributed by atoms with Gasteiger partial charge in [-0.3, -0.25) is 4.79 Å². The molecule has 1 amide bonds. The van der Waals surface area contributed by atoms with Crippen molar-refractivity contribution in [3.8, 4) is 0 Å². The first-order chi connectivity index (χ1) is 8.58. The van der Waals surface area contributed by atoms with E-state index in [4.69, 9.17) is 18.0 Å². The number of nitrogens with two attached hydrogens (primary N) is 1. The topological polar surface area (TPSA) is 58.4 Å². The van der Waals surface area contributed by atoms with E-state index in [0.29, 0.717) is 11.5 Å². The van der Waals surface area contributed by atoms with Gasteiger partial charge in [-0.25, -0.2) is 0 Å². The van der Waals surface area contributed by atoms with E-state index in [0.717, 1.165) is 36.3 Å². The van der Waals surface area contributed by atoms with E-state index in [1.54, 1.807) is 0 Å². The molecule has 1 aliphatic heterocycles. The van der Waals surface area contributed by atoms with Gasteiger partial charge in [-0.2, -0.15) is 0 Å². The van der Waals surface area contributed by atoms with E-state index in [9.17, 15) is 4.79 Å². The van der Waals surface area contributed by atoms with Crippen LogP contribution in [-0.2, 0) is 4.79 Å². The van der Waals surface area contributed by atoms with E-state index in [2.05, 4.69) is 10.2 Å². The lowest BCUT2D eigenvalue weighted by Gasteiger charge is -2.22. The summed E-state index contributed by atoms with van der Waals surface area (Å²) in [7, 11) is 0. The van der Waals surface area contributed by atoms with Crippen molar-refractivity contribution in [1.82, 2.24) is 5.32 Å². The molecule has 0 saturated carbocycles. The Hall–Kier alpha value is -1.62. The molecule has 96 valence electrons. The Labute approximate surface area is 112 Å². The maximum Gasteiger partial charge on any atom is 0.239 e. The number of rotatable bonds is 2. The number of amides is 1. The molecule has 1 aromatic carbocycles. The predicted molar refractivity (Wildman–Crippen MR) is 76.9 cm³/mol. The van der Waals surface area contributed by atoms with Gasteiger partial charge in [0.15, 0.2) is 0 Å². The molecule has 5 heteroatoms. The number of carbonyl (C=O) groups is 1. The Balaban J connectivity index is 2.25. The average molecular weight is 263 g/mol. The third-order valence-electron chi connectivity index (χ3n) is 3.10. The van der Waals surface area contributed by atoms with Crippen molar-refractivity contribution < 1.29 is 4.79 Å². The van der Waals surface area contributed by atoms with E-state index < -0.39 is 0 Å². The van der Waals surface area contributed by atoms with Gasteiger partial charge in [-0.05, 0) is 37.1 Å². The van der Waals surface area contributed by atoms with E-state index in [1.165, 1.54) is 0 Å². The average Bonchev–Trinajstić information content (AvgIpc) is 2.53. The zero-order chi connectivity index (χ0) is 13.1. The van der Waals surface area contributed by atoms with Crippen LogP contribution in [0.3, 0.4) is 0 Å². The van der Waals surface area contributed by atoms with Crippen LogP contribution in [0.5, 0.6) is 0 Å². The quantitative estimate of drug-likeness (QED) is 0.780.